The van der Waals surface area contributed by atoms with Gasteiger partial charge < -0.3 is 4.74 Å². The maximum Gasteiger partial charge on any atom is 0.137 e. The summed E-state index contributed by atoms with van der Waals surface area (Å²) in [5, 5.41) is 2.00. The third kappa shape index (κ3) is 1.69. The molecule has 0 N–H and O–H groups in total. The predicted molar refractivity (Wildman–Crippen MR) is 31.8 cm³/mol. The normalized spacial score (nSPS) is 18.3. The Morgan fingerprint density at radius 1 is 1.43 bits per heavy atom. The molecule has 0 unspecified atom stereocenters. The molecule has 0 aromatic heterocycles. The summed E-state index contributed by atoms with van der Waals surface area (Å²) < 4.78 is 4.91. The second-order valence-corrected chi connectivity index (χ2v) is 1.95. The largest absolute Gasteiger partial charge is 0.490 e. The van der Waals surface area contributed by atoms with Gasteiger partial charge in [-0.05, 0) is 11.5 Å². The number of hydrogen-bond acceptors (Lipinski definition) is 2. The van der Waals surface area contributed by atoms with Crippen molar-refractivity contribution in [3.8, 4) is 0 Å². The average Bonchev–Trinajstić information content (AvgIpc) is 1.90. The highest BCUT2D eigenvalue weighted by Crippen LogP contribution is 2.05. The maximum absolute atomic E-state index is 4.91. The molecule has 0 radical (unpaired) electrons. The number of thioether (sulfide) groups is 1. The van der Waals surface area contributed by atoms with Gasteiger partial charge >= 0.3 is 0 Å². The van der Waals surface area contributed by atoms with Gasteiger partial charge in [-0.1, -0.05) is 17.8 Å². The molecule has 0 saturated heterocycles. The number of ether oxygens (including phenoxy) is 1. The zero-order valence-corrected chi connectivity index (χ0v) is 4.65. The molecule has 0 aliphatic carbocycles. The first-order chi connectivity index (χ1) is 3.50. The van der Waals surface area contributed by atoms with Crippen LogP contribution >= 0.6 is 11.8 Å². The van der Waals surface area contributed by atoms with E-state index in [1.807, 2.05) is 17.6 Å². The third-order valence-electron chi connectivity index (χ3n) is 0.597. The lowest BCUT2D eigenvalue weighted by atomic mass is 10.6. The van der Waals surface area contributed by atoms with Gasteiger partial charge in [0.2, 0.25) is 0 Å². The van der Waals surface area contributed by atoms with Gasteiger partial charge in [-0.25, -0.2) is 0 Å². The number of hydrogen-bond donors (Lipinski definition) is 0. The molecule has 0 fully saturated rings. The Kier molecular flexibility index (Phi) is 1.88. The van der Waals surface area contributed by atoms with Crippen molar-refractivity contribution in [2.45, 2.75) is 0 Å². The van der Waals surface area contributed by atoms with Crippen molar-refractivity contribution in [2.75, 3.05) is 5.94 Å². The summed E-state index contributed by atoms with van der Waals surface area (Å²) in [7, 11) is 0. The molecule has 1 heterocycles. The summed E-state index contributed by atoms with van der Waals surface area (Å²) in [6.45, 7) is 0. The molecular weight excluding hydrogens is 108 g/mol. The molecule has 0 amide bonds. The van der Waals surface area contributed by atoms with Gasteiger partial charge in [0.1, 0.15) is 5.94 Å². The highest BCUT2D eigenvalue weighted by molar-refractivity contribution is 8.02. The van der Waals surface area contributed by atoms with Crippen molar-refractivity contribution >= 4 is 11.8 Å². The molecule has 0 atom stereocenters. The monoisotopic (exact) mass is 114 g/mol. The van der Waals surface area contributed by atoms with E-state index >= 15 is 0 Å². The van der Waals surface area contributed by atoms with Crippen LogP contribution in [0.3, 0.4) is 0 Å². The lowest BCUT2D eigenvalue weighted by Crippen LogP contribution is -1.72. The first kappa shape index (κ1) is 4.78. The molecule has 1 nitrogen and oxygen atoms in total. The predicted octanol–water partition coefficient (Wildman–Crippen LogP) is 1.73. The van der Waals surface area contributed by atoms with E-state index in [1.165, 1.54) is 0 Å². The van der Waals surface area contributed by atoms with Gasteiger partial charge in [-0.15, -0.1) is 0 Å². The van der Waals surface area contributed by atoms with E-state index in [1.54, 1.807) is 18.0 Å². The molecule has 0 aromatic rings. The molecule has 7 heavy (non-hydrogen) atoms. The second-order valence-electron chi connectivity index (χ2n) is 1.11. The van der Waals surface area contributed by atoms with Gasteiger partial charge in [-0.2, -0.15) is 0 Å². The molecule has 0 aromatic carbocycles. The van der Waals surface area contributed by atoms with Crippen LogP contribution in [0.2, 0.25) is 0 Å². The summed E-state index contributed by atoms with van der Waals surface area (Å²) in [5.41, 5.74) is 0. The molecule has 1 aliphatic rings. The number of rotatable bonds is 0. The van der Waals surface area contributed by atoms with Gasteiger partial charge in [0.05, 0.1) is 6.26 Å². The molecule has 38 valence electrons. The van der Waals surface area contributed by atoms with Crippen LogP contribution in [0, 0.1) is 0 Å². The fourth-order valence-electron chi connectivity index (χ4n) is 0.320. The van der Waals surface area contributed by atoms with E-state index in [-0.39, 0.29) is 0 Å². The van der Waals surface area contributed by atoms with E-state index in [0.717, 1.165) is 5.94 Å². The van der Waals surface area contributed by atoms with E-state index < -0.39 is 0 Å². The fraction of sp³-hybridized carbons (Fsp3) is 0.200. The van der Waals surface area contributed by atoms with Gasteiger partial charge in [0.15, 0.2) is 0 Å². The Balaban J connectivity index is 2.39. The Morgan fingerprint density at radius 2 is 2.43 bits per heavy atom. The van der Waals surface area contributed by atoms with Crippen LogP contribution in [-0.2, 0) is 4.74 Å². The van der Waals surface area contributed by atoms with Crippen LogP contribution < -0.4 is 0 Å². The van der Waals surface area contributed by atoms with E-state index in [0.29, 0.717) is 0 Å². The molecule has 0 spiro atoms. The minimum Gasteiger partial charge on any atom is -0.490 e. The summed E-state index contributed by atoms with van der Waals surface area (Å²) in [5.74, 6) is 0.743. The number of allylic oxidation sites excluding steroid dienone is 2. The third-order valence-corrected chi connectivity index (χ3v) is 1.22. The second kappa shape index (κ2) is 2.75. The molecular formula is C5H6OS. The van der Waals surface area contributed by atoms with Crippen LogP contribution in [0.5, 0.6) is 0 Å². The van der Waals surface area contributed by atoms with Gasteiger partial charge in [0.25, 0.3) is 0 Å². The van der Waals surface area contributed by atoms with Crippen molar-refractivity contribution in [2.24, 2.45) is 0 Å². The Morgan fingerprint density at radius 3 is 3.43 bits per heavy atom. The Bertz CT molecular complexity index is 84.3. The zero-order valence-electron chi connectivity index (χ0n) is 3.83. The standard InChI is InChI=1S/C5H6OS/c1-2-4-7-5-6-3-1/h1-4H,5H2. The summed E-state index contributed by atoms with van der Waals surface area (Å²) >= 11 is 1.65. The summed E-state index contributed by atoms with van der Waals surface area (Å²) in [4.78, 5) is 0. The molecule has 0 bridgehead atoms. The smallest absolute Gasteiger partial charge is 0.137 e. The van der Waals surface area contributed by atoms with Crippen LogP contribution in [0.1, 0.15) is 0 Å². The fourth-order valence-corrected chi connectivity index (χ4v) is 0.757. The molecule has 2 heteroatoms. The van der Waals surface area contributed by atoms with Crippen LogP contribution in [0.25, 0.3) is 0 Å². The van der Waals surface area contributed by atoms with Crippen molar-refractivity contribution in [1.82, 2.24) is 0 Å². The lowest BCUT2D eigenvalue weighted by molar-refractivity contribution is 0.318. The molecule has 1 aliphatic heterocycles. The van der Waals surface area contributed by atoms with E-state index in [2.05, 4.69) is 0 Å². The first-order valence-corrected chi connectivity index (χ1v) is 3.10. The van der Waals surface area contributed by atoms with Crippen LogP contribution in [-0.4, -0.2) is 5.94 Å². The highest BCUT2D eigenvalue weighted by atomic mass is 32.2. The van der Waals surface area contributed by atoms with Crippen molar-refractivity contribution in [3.05, 3.63) is 23.8 Å². The maximum atomic E-state index is 4.91. The minimum atomic E-state index is 0.743. The molecule has 1 rings (SSSR count). The SMILES string of the molecule is C1=COCSC=C1. The topological polar surface area (TPSA) is 9.23 Å². The first-order valence-electron chi connectivity index (χ1n) is 2.05. The average molecular weight is 114 g/mol. The minimum absolute atomic E-state index is 0.743. The van der Waals surface area contributed by atoms with Crippen molar-refractivity contribution in [1.29, 1.82) is 0 Å². The Hall–Kier alpha value is -0.370. The summed E-state index contributed by atoms with van der Waals surface area (Å²) in [6.07, 6.45) is 5.52. The van der Waals surface area contributed by atoms with Crippen molar-refractivity contribution in [3.63, 3.8) is 0 Å². The zero-order chi connectivity index (χ0) is 4.95. The van der Waals surface area contributed by atoms with E-state index in [4.69, 9.17) is 4.74 Å². The summed E-state index contributed by atoms with van der Waals surface area (Å²) in [6, 6.07) is 0. The quantitative estimate of drug-likeness (QED) is 0.474. The van der Waals surface area contributed by atoms with Crippen LogP contribution in [0.15, 0.2) is 23.8 Å². The molecule has 0 saturated carbocycles. The van der Waals surface area contributed by atoms with Crippen molar-refractivity contribution < 1.29 is 4.74 Å². The van der Waals surface area contributed by atoms with E-state index in [9.17, 15) is 0 Å². The highest BCUT2D eigenvalue weighted by Gasteiger charge is 1.80. The van der Waals surface area contributed by atoms with Gasteiger partial charge in [-0.3, -0.25) is 0 Å². The Labute approximate surface area is 47.1 Å². The van der Waals surface area contributed by atoms with Gasteiger partial charge in [0, 0.05) is 0 Å². The van der Waals surface area contributed by atoms with Crippen LogP contribution in [0.4, 0.5) is 0 Å². The lowest BCUT2D eigenvalue weighted by Gasteiger charge is -1.89.